The van der Waals surface area contributed by atoms with Crippen molar-refractivity contribution in [3.8, 4) is 0 Å². The summed E-state index contributed by atoms with van der Waals surface area (Å²) in [6.45, 7) is 2.07. The number of carbonyl (C=O) groups is 3. The number of hydrogen-bond donors (Lipinski definition) is 1. The van der Waals surface area contributed by atoms with E-state index < -0.39 is 77.1 Å². The molecule has 0 aliphatic carbocycles. The van der Waals surface area contributed by atoms with Crippen molar-refractivity contribution in [2.24, 2.45) is 0 Å². The van der Waals surface area contributed by atoms with Crippen LogP contribution >= 0.6 is 0 Å². The first-order chi connectivity index (χ1) is 18.5. The van der Waals surface area contributed by atoms with Crippen LogP contribution in [-0.4, -0.2) is 57.6 Å². The summed E-state index contributed by atoms with van der Waals surface area (Å²) in [6.07, 6.45) is -3.66. The van der Waals surface area contributed by atoms with Crippen molar-refractivity contribution in [1.29, 1.82) is 0 Å². The molecule has 1 heterocycles. The van der Waals surface area contributed by atoms with Crippen LogP contribution in [0.25, 0.3) is 0 Å². The Morgan fingerprint density at radius 2 is 1.62 bits per heavy atom. The van der Waals surface area contributed by atoms with Gasteiger partial charge in [-0.1, -0.05) is 25.5 Å². The number of nitrogens with one attached hydrogen (secondary N) is 1. The lowest BCUT2D eigenvalue weighted by Crippen LogP contribution is -2.37. The third kappa shape index (κ3) is 8.25. The van der Waals surface area contributed by atoms with E-state index in [2.05, 4.69) is 5.32 Å². The Hall–Kier alpha value is -3.48. The maximum Gasteiger partial charge on any atom is 0.419 e. The van der Waals surface area contributed by atoms with E-state index in [1.807, 2.05) is 6.92 Å². The summed E-state index contributed by atoms with van der Waals surface area (Å²) in [5.41, 5.74) is -4.81. The van der Waals surface area contributed by atoms with Gasteiger partial charge in [-0.3, -0.25) is 4.79 Å². The minimum absolute atomic E-state index is 0.0475. The van der Waals surface area contributed by atoms with Gasteiger partial charge in [0.05, 0.1) is 47.2 Å². The highest BCUT2D eigenvalue weighted by Gasteiger charge is 2.46. The molecule has 0 bridgehead atoms. The summed E-state index contributed by atoms with van der Waals surface area (Å²) in [4.78, 5) is 37.7. The van der Waals surface area contributed by atoms with Gasteiger partial charge in [0, 0.05) is 13.5 Å². The van der Waals surface area contributed by atoms with Crippen molar-refractivity contribution >= 4 is 17.9 Å². The van der Waals surface area contributed by atoms with Crippen LogP contribution in [0.2, 0.25) is 0 Å². The molecule has 216 valence electrons. The van der Waals surface area contributed by atoms with Gasteiger partial charge >= 0.3 is 24.1 Å². The Morgan fingerprint density at radius 1 is 0.949 bits per heavy atom. The number of hydrogen-bond acceptors (Lipinski definition) is 8. The average molecular weight is 564 g/mol. The Bertz CT molecular complexity index is 1110. The molecule has 0 amide bonds. The Morgan fingerprint density at radius 3 is 2.21 bits per heavy atom. The zero-order chi connectivity index (χ0) is 29.2. The fourth-order valence-electron chi connectivity index (χ4n) is 3.90. The van der Waals surface area contributed by atoms with Gasteiger partial charge in [-0.2, -0.15) is 13.2 Å². The molecule has 8 nitrogen and oxygen atoms in total. The molecule has 0 saturated carbocycles. The summed E-state index contributed by atoms with van der Waals surface area (Å²) < 4.78 is 91.5. The van der Waals surface area contributed by atoms with Crippen molar-refractivity contribution in [3.05, 3.63) is 57.7 Å². The standard InChI is InChI=1S/C26H30F5NO7/c1-4-6-10-36-11-12-38-25(35)21-18(13-27)32-19(14-39-15(3)33)22(24(34)37-5-2)20(21)16-8-7-9-17(28)23(16)26(29,30)31/h7-9,20,32H,4-6,10-14H2,1-3H3. The number of rotatable bonds is 13. The van der Waals surface area contributed by atoms with E-state index in [0.717, 1.165) is 31.9 Å². The van der Waals surface area contributed by atoms with Crippen LogP contribution in [0.1, 0.15) is 50.7 Å². The van der Waals surface area contributed by atoms with Crippen LogP contribution in [0.4, 0.5) is 22.0 Å². The molecule has 0 aromatic heterocycles. The fraction of sp³-hybridized carbons (Fsp3) is 0.500. The summed E-state index contributed by atoms with van der Waals surface area (Å²) in [7, 11) is 0. The van der Waals surface area contributed by atoms with Gasteiger partial charge in [0.1, 0.15) is 25.7 Å². The normalized spacial score (nSPS) is 15.6. The monoisotopic (exact) mass is 563 g/mol. The Labute approximate surface area is 222 Å². The van der Waals surface area contributed by atoms with Gasteiger partial charge in [0.25, 0.3) is 0 Å². The molecule has 39 heavy (non-hydrogen) atoms. The molecular formula is C26H30F5NO7. The quantitative estimate of drug-likeness (QED) is 0.162. The summed E-state index contributed by atoms with van der Waals surface area (Å²) in [5.74, 6) is -6.93. The molecule has 0 fully saturated rings. The van der Waals surface area contributed by atoms with E-state index in [1.165, 1.54) is 6.92 Å². The molecule has 1 aromatic carbocycles. The number of ether oxygens (including phenoxy) is 4. The fourth-order valence-corrected chi connectivity index (χ4v) is 3.90. The predicted molar refractivity (Wildman–Crippen MR) is 127 cm³/mol. The minimum Gasteiger partial charge on any atom is -0.463 e. The molecule has 1 aliphatic heterocycles. The molecule has 1 atom stereocenters. The number of unbranched alkanes of at least 4 members (excludes halogenated alkanes) is 1. The SMILES string of the molecule is CCCCOCCOC(=O)C1=C(CF)NC(COC(C)=O)=C(C(=O)OCC)C1c1cccc(F)c1C(F)(F)F. The molecule has 1 N–H and O–H groups in total. The predicted octanol–water partition coefficient (Wildman–Crippen LogP) is 4.50. The second kappa shape index (κ2) is 14.6. The van der Waals surface area contributed by atoms with E-state index in [9.17, 15) is 36.3 Å². The van der Waals surface area contributed by atoms with Gasteiger partial charge in [-0.05, 0) is 25.0 Å². The highest BCUT2D eigenvalue weighted by molar-refractivity contribution is 6.00. The number of benzene rings is 1. The zero-order valence-corrected chi connectivity index (χ0v) is 21.7. The van der Waals surface area contributed by atoms with E-state index in [4.69, 9.17) is 18.9 Å². The van der Waals surface area contributed by atoms with Gasteiger partial charge < -0.3 is 24.3 Å². The molecule has 13 heteroatoms. The number of halogens is 5. The first-order valence-electron chi connectivity index (χ1n) is 12.2. The van der Waals surface area contributed by atoms with Crippen LogP contribution in [0.15, 0.2) is 40.7 Å². The maximum atomic E-state index is 14.6. The molecule has 1 aliphatic rings. The highest BCUT2D eigenvalue weighted by Crippen LogP contribution is 2.45. The second-order valence-electron chi connectivity index (χ2n) is 8.28. The average Bonchev–Trinajstić information content (AvgIpc) is 2.87. The molecule has 0 saturated heterocycles. The molecule has 0 radical (unpaired) electrons. The van der Waals surface area contributed by atoms with Gasteiger partial charge in [-0.25, -0.2) is 18.4 Å². The van der Waals surface area contributed by atoms with Gasteiger partial charge in [-0.15, -0.1) is 0 Å². The Balaban J connectivity index is 2.73. The first-order valence-corrected chi connectivity index (χ1v) is 12.2. The van der Waals surface area contributed by atoms with Gasteiger partial charge in [0.15, 0.2) is 0 Å². The van der Waals surface area contributed by atoms with Crippen molar-refractivity contribution in [1.82, 2.24) is 5.32 Å². The topological polar surface area (TPSA) is 100 Å². The first kappa shape index (κ1) is 31.7. The van der Waals surface area contributed by atoms with Crippen LogP contribution in [0.5, 0.6) is 0 Å². The van der Waals surface area contributed by atoms with Gasteiger partial charge in [0.2, 0.25) is 0 Å². The number of esters is 3. The molecule has 2 rings (SSSR count). The maximum absolute atomic E-state index is 14.6. The smallest absolute Gasteiger partial charge is 0.419 e. The van der Waals surface area contributed by atoms with Crippen molar-refractivity contribution in [3.63, 3.8) is 0 Å². The van der Waals surface area contributed by atoms with E-state index in [-0.39, 0.29) is 25.5 Å². The largest absolute Gasteiger partial charge is 0.463 e. The van der Waals surface area contributed by atoms with Crippen molar-refractivity contribution < 1.29 is 55.3 Å². The molecule has 1 aromatic rings. The molecular weight excluding hydrogens is 533 g/mol. The summed E-state index contributed by atoms with van der Waals surface area (Å²) >= 11 is 0. The molecule has 1 unspecified atom stereocenters. The van der Waals surface area contributed by atoms with E-state index >= 15 is 0 Å². The number of dihydropyridines is 1. The van der Waals surface area contributed by atoms with Crippen LogP contribution in [0.3, 0.4) is 0 Å². The van der Waals surface area contributed by atoms with Crippen LogP contribution in [0, 0.1) is 5.82 Å². The van der Waals surface area contributed by atoms with E-state index in [1.54, 1.807) is 0 Å². The molecule has 0 spiro atoms. The third-order valence-corrected chi connectivity index (χ3v) is 5.54. The van der Waals surface area contributed by atoms with Crippen molar-refractivity contribution in [2.45, 2.75) is 45.7 Å². The van der Waals surface area contributed by atoms with E-state index in [0.29, 0.717) is 12.7 Å². The lowest BCUT2D eigenvalue weighted by molar-refractivity contribution is -0.144. The summed E-state index contributed by atoms with van der Waals surface area (Å²) in [6, 6.07) is 2.38. The number of alkyl halides is 4. The summed E-state index contributed by atoms with van der Waals surface area (Å²) in [5, 5.41) is 2.47. The minimum atomic E-state index is -5.26. The highest BCUT2D eigenvalue weighted by atomic mass is 19.4. The van der Waals surface area contributed by atoms with Crippen LogP contribution < -0.4 is 5.32 Å². The zero-order valence-electron chi connectivity index (χ0n) is 21.7. The lowest BCUT2D eigenvalue weighted by atomic mass is 9.78. The van der Waals surface area contributed by atoms with Crippen LogP contribution in [-0.2, 0) is 39.5 Å². The third-order valence-electron chi connectivity index (χ3n) is 5.54. The van der Waals surface area contributed by atoms with Crippen molar-refractivity contribution in [2.75, 3.05) is 39.7 Å². The number of carbonyl (C=O) groups excluding carboxylic acids is 3. The number of allylic oxidation sites excluding steroid dienone is 1. The Kier molecular flexibility index (Phi) is 11.9. The lowest BCUT2D eigenvalue weighted by Gasteiger charge is -2.32. The second-order valence-corrected chi connectivity index (χ2v) is 8.28.